The third kappa shape index (κ3) is 3.85. The van der Waals surface area contributed by atoms with Gasteiger partial charge in [-0.25, -0.2) is 0 Å². The Morgan fingerprint density at radius 1 is 1.05 bits per heavy atom. The number of nitrogens with zero attached hydrogens (tertiary/aromatic N) is 1. The van der Waals surface area contributed by atoms with Crippen molar-refractivity contribution in [2.75, 3.05) is 13.1 Å². The average molecular weight is 303 g/mol. The minimum atomic E-state index is 0. The van der Waals surface area contributed by atoms with Crippen LogP contribution in [0.15, 0.2) is 54.6 Å². The van der Waals surface area contributed by atoms with Gasteiger partial charge in [0.2, 0.25) is 0 Å². The van der Waals surface area contributed by atoms with Crippen molar-refractivity contribution < 1.29 is 0 Å². The van der Waals surface area contributed by atoms with Gasteiger partial charge in [0.25, 0.3) is 0 Å². The molecule has 0 unspecified atom stereocenters. The third-order valence-electron chi connectivity index (χ3n) is 4.16. The molecule has 0 radical (unpaired) electrons. The topological polar surface area (TPSA) is 29.3 Å². The van der Waals surface area contributed by atoms with Crippen LogP contribution in [0.5, 0.6) is 0 Å². The monoisotopic (exact) mass is 302 g/mol. The maximum atomic E-state index is 6.34. The molecule has 2 atom stereocenters. The van der Waals surface area contributed by atoms with Gasteiger partial charge in [-0.05, 0) is 18.1 Å². The first kappa shape index (κ1) is 16.0. The van der Waals surface area contributed by atoms with E-state index >= 15 is 0 Å². The molecule has 0 amide bonds. The molecule has 1 saturated heterocycles. The van der Waals surface area contributed by atoms with E-state index in [1.54, 1.807) is 0 Å². The molecule has 2 aromatic carbocycles. The number of hydrogen-bond donors (Lipinski definition) is 1. The number of aryl methyl sites for hydroxylation is 1. The molecule has 3 heteroatoms. The fraction of sp³-hybridized carbons (Fsp3) is 0.333. The number of hydrogen-bond acceptors (Lipinski definition) is 2. The Kier molecular flexibility index (Phi) is 5.40. The van der Waals surface area contributed by atoms with Gasteiger partial charge in [-0.2, -0.15) is 0 Å². The lowest BCUT2D eigenvalue weighted by Crippen LogP contribution is -2.28. The summed E-state index contributed by atoms with van der Waals surface area (Å²) in [6.45, 7) is 5.18. The van der Waals surface area contributed by atoms with Crippen LogP contribution in [0.4, 0.5) is 0 Å². The van der Waals surface area contributed by atoms with Crippen molar-refractivity contribution >= 4 is 12.4 Å². The molecule has 0 saturated carbocycles. The summed E-state index contributed by atoms with van der Waals surface area (Å²) in [5.74, 6) is 0.459. The third-order valence-corrected chi connectivity index (χ3v) is 4.16. The van der Waals surface area contributed by atoms with Crippen molar-refractivity contribution in [2.45, 2.75) is 25.4 Å². The number of nitrogens with two attached hydrogens (primary N) is 1. The minimum absolute atomic E-state index is 0. The Balaban J connectivity index is 0.00000161. The van der Waals surface area contributed by atoms with Gasteiger partial charge < -0.3 is 5.73 Å². The van der Waals surface area contributed by atoms with Gasteiger partial charge >= 0.3 is 0 Å². The van der Waals surface area contributed by atoms with Crippen LogP contribution in [0.3, 0.4) is 0 Å². The maximum absolute atomic E-state index is 6.34. The molecular formula is C18H23ClN2. The van der Waals surface area contributed by atoms with Crippen LogP contribution in [-0.2, 0) is 6.54 Å². The molecule has 0 spiro atoms. The summed E-state index contributed by atoms with van der Waals surface area (Å²) in [7, 11) is 0. The normalized spacial score (nSPS) is 22.0. The van der Waals surface area contributed by atoms with E-state index in [9.17, 15) is 0 Å². The van der Waals surface area contributed by atoms with Gasteiger partial charge in [-0.1, -0.05) is 60.2 Å². The summed E-state index contributed by atoms with van der Waals surface area (Å²) in [5.41, 5.74) is 10.4. The van der Waals surface area contributed by atoms with E-state index in [2.05, 4.69) is 66.4 Å². The second-order valence-corrected chi connectivity index (χ2v) is 5.86. The Morgan fingerprint density at radius 2 is 1.81 bits per heavy atom. The summed E-state index contributed by atoms with van der Waals surface area (Å²) < 4.78 is 0. The zero-order valence-corrected chi connectivity index (χ0v) is 13.2. The Labute approximate surface area is 133 Å². The summed E-state index contributed by atoms with van der Waals surface area (Å²) in [6, 6.07) is 19.6. The van der Waals surface area contributed by atoms with E-state index in [1.807, 2.05) is 0 Å². The van der Waals surface area contributed by atoms with Crippen molar-refractivity contribution in [3.05, 3.63) is 71.3 Å². The average Bonchev–Trinajstić information content (AvgIpc) is 2.80. The van der Waals surface area contributed by atoms with E-state index in [1.165, 1.54) is 16.7 Å². The first-order valence-electron chi connectivity index (χ1n) is 7.31. The van der Waals surface area contributed by atoms with E-state index < -0.39 is 0 Å². The highest BCUT2D eigenvalue weighted by Gasteiger charge is 2.30. The molecule has 1 heterocycles. The summed E-state index contributed by atoms with van der Waals surface area (Å²) in [6.07, 6.45) is 0. The molecule has 1 aliphatic heterocycles. The van der Waals surface area contributed by atoms with Crippen LogP contribution < -0.4 is 5.73 Å². The van der Waals surface area contributed by atoms with Crippen molar-refractivity contribution in [1.29, 1.82) is 0 Å². The lowest BCUT2D eigenvalue weighted by Gasteiger charge is -2.16. The largest absolute Gasteiger partial charge is 0.326 e. The molecule has 0 aromatic heterocycles. The molecular weight excluding hydrogens is 280 g/mol. The van der Waals surface area contributed by atoms with Crippen LogP contribution in [0.25, 0.3) is 0 Å². The summed E-state index contributed by atoms with van der Waals surface area (Å²) in [4.78, 5) is 2.47. The summed E-state index contributed by atoms with van der Waals surface area (Å²) in [5, 5.41) is 0. The minimum Gasteiger partial charge on any atom is -0.326 e. The van der Waals surface area contributed by atoms with Crippen molar-refractivity contribution in [3.63, 3.8) is 0 Å². The predicted molar refractivity (Wildman–Crippen MR) is 90.9 cm³/mol. The van der Waals surface area contributed by atoms with Gasteiger partial charge in [0, 0.05) is 31.6 Å². The van der Waals surface area contributed by atoms with Crippen molar-refractivity contribution in [2.24, 2.45) is 5.73 Å². The molecule has 2 N–H and O–H groups in total. The number of rotatable bonds is 3. The summed E-state index contributed by atoms with van der Waals surface area (Å²) >= 11 is 0. The van der Waals surface area contributed by atoms with Crippen LogP contribution >= 0.6 is 12.4 Å². The molecule has 1 aliphatic rings. The first-order valence-corrected chi connectivity index (χ1v) is 7.31. The first-order chi connectivity index (χ1) is 9.72. The second kappa shape index (κ2) is 7.08. The highest BCUT2D eigenvalue weighted by Crippen LogP contribution is 2.27. The van der Waals surface area contributed by atoms with Gasteiger partial charge in [0.05, 0.1) is 0 Å². The molecule has 0 bridgehead atoms. The van der Waals surface area contributed by atoms with E-state index in [4.69, 9.17) is 5.73 Å². The van der Waals surface area contributed by atoms with E-state index in [0.29, 0.717) is 5.92 Å². The van der Waals surface area contributed by atoms with Crippen LogP contribution in [0.1, 0.15) is 22.6 Å². The molecule has 112 valence electrons. The van der Waals surface area contributed by atoms with Crippen molar-refractivity contribution in [1.82, 2.24) is 4.90 Å². The maximum Gasteiger partial charge on any atom is 0.0250 e. The predicted octanol–water partition coefficient (Wildman–Crippen LogP) is 3.34. The Hall–Kier alpha value is -1.35. The fourth-order valence-corrected chi connectivity index (χ4v) is 3.16. The quantitative estimate of drug-likeness (QED) is 0.942. The smallest absolute Gasteiger partial charge is 0.0250 e. The van der Waals surface area contributed by atoms with E-state index in [-0.39, 0.29) is 18.4 Å². The van der Waals surface area contributed by atoms with Gasteiger partial charge in [0.1, 0.15) is 0 Å². The number of halogens is 1. The van der Waals surface area contributed by atoms with Crippen LogP contribution in [0.2, 0.25) is 0 Å². The lowest BCUT2D eigenvalue weighted by molar-refractivity contribution is 0.324. The van der Waals surface area contributed by atoms with Crippen molar-refractivity contribution in [3.8, 4) is 0 Å². The van der Waals surface area contributed by atoms with Crippen LogP contribution in [-0.4, -0.2) is 24.0 Å². The van der Waals surface area contributed by atoms with Crippen LogP contribution in [0, 0.1) is 6.92 Å². The molecule has 21 heavy (non-hydrogen) atoms. The molecule has 0 aliphatic carbocycles. The van der Waals surface area contributed by atoms with Gasteiger partial charge in [-0.15, -0.1) is 12.4 Å². The molecule has 1 fully saturated rings. The zero-order chi connectivity index (χ0) is 13.9. The highest BCUT2D eigenvalue weighted by atomic mass is 35.5. The van der Waals surface area contributed by atoms with Gasteiger partial charge in [-0.3, -0.25) is 4.90 Å². The number of benzene rings is 2. The van der Waals surface area contributed by atoms with Gasteiger partial charge in [0.15, 0.2) is 0 Å². The standard InChI is InChI=1S/C18H22N2.ClH/c1-14-6-5-7-15(10-14)11-20-12-17(18(19)13-20)16-8-3-2-4-9-16;/h2-10,17-18H,11-13,19H2,1H3;1H/t17-,18+;/m0./s1. The Bertz CT molecular complexity index is 570. The molecule has 3 rings (SSSR count). The lowest BCUT2D eigenvalue weighted by atomic mass is 9.95. The van der Waals surface area contributed by atoms with E-state index in [0.717, 1.165) is 19.6 Å². The Morgan fingerprint density at radius 3 is 2.52 bits per heavy atom. The highest BCUT2D eigenvalue weighted by molar-refractivity contribution is 5.85. The number of likely N-dealkylation sites (tertiary alicyclic amines) is 1. The second-order valence-electron chi connectivity index (χ2n) is 5.86. The SMILES string of the molecule is Cc1cccc(CN2C[C@@H](N)[C@H](c3ccccc3)C2)c1.Cl. The zero-order valence-electron chi connectivity index (χ0n) is 12.4. The molecule has 2 nitrogen and oxygen atoms in total. The fourth-order valence-electron chi connectivity index (χ4n) is 3.16. The molecule has 2 aromatic rings.